The van der Waals surface area contributed by atoms with Crippen molar-refractivity contribution < 1.29 is 9.53 Å². The van der Waals surface area contributed by atoms with Gasteiger partial charge in [-0.1, -0.05) is 38.1 Å². The van der Waals surface area contributed by atoms with Gasteiger partial charge in [-0.2, -0.15) is 0 Å². The van der Waals surface area contributed by atoms with Gasteiger partial charge in [-0.25, -0.2) is 0 Å². The van der Waals surface area contributed by atoms with E-state index < -0.39 is 6.10 Å². The summed E-state index contributed by atoms with van der Waals surface area (Å²) in [5.41, 5.74) is 4.70. The highest BCUT2D eigenvalue weighted by Gasteiger charge is 2.19. The number of amides is 1. The van der Waals surface area contributed by atoms with Gasteiger partial charge in [0.05, 0.1) is 0 Å². The summed E-state index contributed by atoms with van der Waals surface area (Å²) in [4.78, 5) is 12.5. The molecule has 0 saturated carbocycles. The highest BCUT2D eigenvalue weighted by Crippen LogP contribution is 2.30. The summed E-state index contributed by atoms with van der Waals surface area (Å²) in [5.74, 6) is 1.22. The number of anilines is 1. The zero-order valence-corrected chi connectivity index (χ0v) is 15.3. The van der Waals surface area contributed by atoms with Crippen molar-refractivity contribution in [3.8, 4) is 5.75 Å². The monoisotopic (exact) mass is 337 g/mol. The molecule has 1 aliphatic rings. The average Bonchev–Trinajstić information content (AvgIpc) is 2.62. The molecule has 3 heteroatoms. The maximum atomic E-state index is 12.5. The first-order chi connectivity index (χ1) is 12.0. The number of benzene rings is 2. The molecule has 0 radical (unpaired) electrons. The lowest BCUT2D eigenvalue weighted by Gasteiger charge is -2.22. The Bertz CT molecular complexity index is 734. The summed E-state index contributed by atoms with van der Waals surface area (Å²) < 4.78 is 6.00. The van der Waals surface area contributed by atoms with Gasteiger partial charge in [-0.05, 0) is 73.4 Å². The largest absolute Gasteiger partial charge is 0.481 e. The highest BCUT2D eigenvalue weighted by atomic mass is 16.5. The van der Waals surface area contributed by atoms with Gasteiger partial charge >= 0.3 is 0 Å². The molecule has 3 rings (SSSR count). The van der Waals surface area contributed by atoms with Crippen molar-refractivity contribution in [3.63, 3.8) is 0 Å². The normalized spacial score (nSPS) is 14.7. The average molecular weight is 337 g/mol. The molecule has 25 heavy (non-hydrogen) atoms. The van der Waals surface area contributed by atoms with E-state index in [9.17, 15) is 4.79 Å². The van der Waals surface area contributed by atoms with Crippen LogP contribution in [0.2, 0.25) is 0 Å². The lowest BCUT2D eigenvalue weighted by molar-refractivity contribution is -0.122. The van der Waals surface area contributed by atoms with Crippen LogP contribution in [0.3, 0.4) is 0 Å². The first-order valence-corrected chi connectivity index (χ1v) is 9.23. The van der Waals surface area contributed by atoms with Gasteiger partial charge in [0.25, 0.3) is 5.91 Å². The molecule has 0 fully saturated rings. The minimum absolute atomic E-state index is 0.120. The third-order valence-corrected chi connectivity index (χ3v) is 4.87. The highest BCUT2D eigenvalue weighted by molar-refractivity contribution is 5.94. The summed E-state index contributed by atoms with van der Waals surface area (Å²) >= 11 is 0. The van der Waals surface area contributed by atoms with Crippen molar-refractivity contribution in [1.82, 2.24) is 0 Å². The van der Waals surface area contributed by atoms with Gasteiger partial charge in [0.1, 0.15) is 5.75 Å². The molecule has 1 amide bonds. The number of hydrogen-bond acceptors (Lipinski definition) is 2. The predicted molar refractivity (Wildman–Crippen MR) is 102 cm³/mol. The van der Waals surface area contributed by atoms with E-state index in [1.165, 1.54) is 29.5 Å². The standard InChI is InChI=1S/C22H27NO2/c1-15(2)17-11-13-19(14-12-17)23-22(24)16(3)25-21-10-6-8-18-7-4-5-9-20(18)21/h6,8,10-16H,4-5,7,9H2,1-3H3,(H,23,24)/t16-/m1/s1. The second-order valence-electron chi connectivity index (χ2n) is 7.13. The predicted octanol–water partition coefficient (Wildman–Crippen LogP) is 5.09. The lowest BCUT2D eigenvalue weighted by Crippen LogP contribution is -2.30. The molecule has 132 valence electrons. The van der Waals surface area contributed by atoms with E-state index in [0.717, 1.165) is 24.3 Å². The Balaban J connectivity index is 1.65. The number of hydrogen-bond donors (Lipinski definition) is 1. The molecule has 2 aromatic carbocycles. The molecule has 0 unspecified atom stereocenters. The number of aryl methyl sites for hydroxylation is 1. The zero-order valence-electron chi connectivity index (χ0n) is 15.3. The van der Waals surface area contributed by atoms with Crippen LogP contribution in [0.25, 0.3) is 0 Å². The second-order valence-corrected chi connectivity index (χ2v) is 7.13. The first-order valence-electron chi connectivity index (χ1n) is 9.23. The van der Waals surface area contributed by atoms with Crippen LogP contribution in [0.5, 0.6) is 5.75 Å². The van der Waals surface area contributed by atoms with Crippen LogP contribution in [0, 0.1) is 0 Å². The Morgan fingerprint density at radius 1 is 1.00 bits per heavy atom. The second kappa shape index (κ2) is 7.73. The van der Waals surface area contributed by atoms with Crippen LogP contribution in [0.1, 0.15) is 56.2 Å². The molecule has 0 saturated heterocycles. The van der Waals surface area contributed by atoms with Crippen molar-refractivity contribution in [2.24, 2.45) is 0 Å². The molecular formula is C22H27NO2. The van der Waals surface area contributed by atoms with Crippen molar-refractivity contribution >= 4 is 11.6 Å². The minimum atomic E-state index is -0.529. The molecule has 2 aromatic rings. The molecule has 0 bridgehead atoms. The zero-order chi connectivity index (χ0) is 17.8. The van der Waals surface area contributed by atoms with Gasteiger partial charge in [-0.3, -0.25) is 4.79 Å². The summed E-state index contributed by atoms with van der Waals surface area (Å²) in [5, 5.41) is 2.94. The third-order valence-electron chi connectivity index (χ3n) is 4.87. The van der Waals surface area contributed by atoms with E-state index in [-0.39, 0.29) is 5.91 Å². The van der Waals surface area contributed by atoms with E-state index in [2.05, 4.69) is 37.4 Å². The molecule has 0 spiro atoms. The summed E-state index contributed by atoms with van der Waals surface area (Å²) in [6.07, 6.45) is 4.04. The van der Waals surface area contributed by atoms with Crippen molar-refractivity contribution in [2.45, 2.75) is 58.5 Å². The molecule has 0 aromatic heterocycles. The molecule has 3 nitrogen and oxygen atoms in total. The minimum Gasteiger partial charge on any atom is -0.481 e. The number of rotatable bonds is 5. The third kappa shape index (κ3) is 4.22. The van der Waals surface area contributed by atoms with Crippen LogP contribution in [-0.2, 0) is 17.6 Å². The quantitative estimate of drug-likeness (QED) is 0.825. The topological polar surface area (TPSA) is 38.3 Å². The smallest absolute Gasteiger partial charge is 0.265 e. The Kier molecular flexibility index (Phi) is 5.42. The van der Waals surface area contributed by atoms with Crippen molar-refractivity contribution in [1.29, 1.82) is 0 Å². The number of carbonyl (C=O) groups is 1. The molecule has 0 heterocycles. The van der Waals surface area contributed by atoms with Gasteiger partial charge in [0.15, 0.2) is 6.10 Å². The molecule has 1 N–H and O–H groups in total. The van der Waals surface area contributed by atoms with Crippen LogP contribution in [0.4, 0.5) is 5.69 Å². The van der Waals surface area contributed by atoms with E-state index >= 15 is 0 Å². The van der Waals surface area contributed by atoms with Crippen molar-refractivity contribution in [3.05, 3.63) is 59.2 Å². The lowest BCUT2D eigenvalue weighted by atomic mass is 9.91. The summed E-state index contributed by atoms with van der Waals surface area (Å²) in [6.45, 7) is 6.12. The number of ether oxygens (including phenoxy) is 1. The Labute approximate surface area is 150 Å². The maximum Gasteiger partial charge on any atom is 0.265 e. The number of carbonyl (C=O) groups excluding carboxylic acids is 1. The van der Waals surface area contributed by atoms with E-state index in [0.29, 0.717) is 5.92 Å². The molecular weight excluding hydrogens is 310 g/mol. The Morgan fingerprint density at radius 3 is 2.44 bits per heavy atom. The number of nitrogens with one attached hydrogen (secondary N) is 1. The van der Waals surface area contributed by atoms with Crippen molar-refractivity contribution in [2.75, 3.05) is 5.32 Å². The van der Waals surface area contributed by atoms with Gasteiger partial charge in [-0.15, -0.1) is 0 Å². The van der Waals surface area contributed by atoms with E-state index in [1.807, 2.05) is 24.3 Å². The van der Waals surface area contributed by atoms with Gasteiger partial charge < -0.3 is 10.1 Å². The van der Waals surface area contributed by atoms with Crippen LogP contribution in [0.15, 0.2) is 42.5 Å². The fraction of sp³-hybridized carbons (Fsp3) is 0.409. The molecule has 1 atom stereocenters. The maximum absolute atomic E-state index is 12.5. The van der Waals surface area contributed by atoms with E-state index in [4.69, 9.17) is 4.74 Å². The van der Waals surface area contributed by atoms with Crippen LogP contribution < -0.4 is 10.1 Å². The van der Waals surface area contributed by atoms with Crippen LogP contribution in [-0.4, -0.2) is 12.0 Å². The Hall–Kier alpha value is -2.29. The molecule has 0 aliphatic heterocycles. The summed E-state index contributed by atoms with van der Waals surface area (Å²) in [7, 11) is 0. The fourth-order valence-corrected chi connectivity index (χ4v) is 3.30. The Morgan fingerprint density at radius 2 is 1.72 bits per heavy atom. The van der Waals surface area contributed by atoms with E-state index in [1.54, 1.807) is 6.92 Å². The van der Waals surface area contributed by atoms with Gasteiger partial charge in [0, 0.05) is 5.69 Å². The van der Waals surface area contributed by atoms with Gasteiger partial charge in [0.2, 0.25) is 0 Å². The first kappa shape index (κ1) is 17.5. The fourth-order valence-electron chi connectivity index (χ4n) is 3.30. The van der Waals surface area contributed by atoms with Crippen LogP contribution >= 0.6 is 0 Å². The number of fused-ring (bicyclic) bond motifs is 1. The molecule has 1 aliphatic carbocycles. The SMILES string of the molecule is CC(C)c1ccc(NC(=O)[C@@H](C)Oc2cccc3c2CCCC3)cc1. The summed E-state index contributed by atoms with van der Waals surface area (Å²) in [6, 6.07) is 14.2.